The largest absolute Gasteiger partial charge is 0.489 e. The molecule has 4 aromatic rings. The summed E-state index contributed by atoms with van der Waals surface area (Å²) in [6.07, 6.45) is 1.39. The molecule has 0 aromatic heterocycles. The molecule has 0 bridgehead atoms. The summed E-state index contributed by atoms with van der Waals surface area (Å²) in [5.41, 5.74) is 3.74. The molecule has 0 spiro atoms. The predicted molar refractivity (Wildman–Crippen MR) is 161 cm³/mol. The number of carbonyl (C=O) groups excluding carboxylic acids is 3. The molecule has 41 heavy (non-hydrogen) atoms. The first kappa shape index (κ1) is 28.1. The van der Waals surface area contributed by atoms with Crippen LogP contribution >= 0.6 is 27.5 Å². The van der Waals surface area contributed by atoms with Crippen molar-refractivity contribution in [1.29, 1.82) is 0 Å². The third kappa shape index (κ3) is 6.85. The van der Waals surface area contributed by atoms with E-state index in [0.717, 1.165) is 26.1 Å². The molecule has 0 unspecified atom stereocenters. The Morgan fingerprint density at radius 1 is 0.829 bits per heavy atom. The molecule has 1 N–H and O–H groups in total. The third-order valence-corrected chi connectivity index (χ3v) is 7.12. The van der Waals surface area contributed by atoms with E-state index in [9.17, 15) is 14.4 Å². The first-order valence-corrected chi connectivity index (χ1v) is 13.8. The Balaban J connectivity index is 1.28. The predicted octanol–water partition coefficient (Wildman–Crippen LogP) is 7.24. The van der Waals surface area contributed by atoms with E-state index in [1.54, 1.807) is 42.5 Å². The molecule has 4 amide bonds. The van der Waals surface area contributed by atoms with Crippen LogP contribution < -0.4 is 19.7 Å². The van der Waals surface area contributed by atoms with Crippen molar-refractivity contribution in [2.24, 2.45) is 0 Å². The van der Waals surface area contributed by atoms with E-state index in [4.69, 9.17) is 21.1 Å². The molecule has 0 atom stereocenters. The maximum absolute atomic E-state index is 13.3. The molecular weight excluding hydrogens is 608 g/mol. The fraction of sp³-hybridized carbons (Fsp3) is 0.0938. The highest BCUT2D eigenvalue weighted by molar-refractivity contribution is 9.10. The number of amides is 4. The summed E-state index contributed by atoms with van der Waals surface area (Å²) < 4.78 is 12.6. The van der Waals surface area contributed by atoms with Crippen LogP contribution in [-0.2, 0) is 22.8 Å². The van der Waals surface area contributed by atoms with Crippen molar-refractivity contribution >= 4 is 57.1 Å². The van der Waals surface area contributed by atoms with Gasteiger partial charge in [0.2, 0.25) is 0 Å². The molecule has 4 aromatic carbocycles. The standard InChI is InChI=1S/C32H24BrClN2O5/c1-20-2-4-21(5-3-20)18-40-26-13-11-25(12-14-26)36-31(38)27(30(37)35-32(36)39)16-23-8-15-29(28(34)17-23)41-19-22-6-9-24(33)10-7-22/h2-17H,18-19H2,1H3,(H,35,37,39)/b27-16+. The van der Waals surface area contributed by atoms with E-state index < -0.39 is 17.8 Å². The van der Waals surface area contributed by atoms with Gasteiger partial charge in [0.15, 0.2) is 0 Å². The molecule has 1 saturated heterocycles. The molecule has 0 saturated carbocycles. The van der Waals surface area contributed by atoms with Crippen molar-refractivity contribution in [3.05, 3.63) is 128 Å². The van der Waals surface area contributed by atoms with Crippen LogP contribution in [-0.4, -0.2) is 17.8 Å². The summed E-state index contributed by atoms with van der Waals surface area (Å²) in [4.78, 5) is 39.4. The minimum Gasteiger partial charge on any atom is -0.489 e. The van der Waals surface area contributed by atoms with Crippen LogP contribution in [0, 0.1) is 6.92 Å². The molecular formula is C32H24BrClN2O5. The van der Waals surface area contributed by atoms with Gasteiger partial charge in [0.25, 0.3) is 11.8 Å². The van der Waals surface area contributed by atoms with Gasteiger partial charge in [-0.2, -0.15) is 0 Å². The number of imide groups is 2. The van der Waals surface area contributed by atoms with Gasteiger partial charge in [-0.15, -0.1) is 0 Å². The number of nitrogens with one attached hydrogen (secondary N) is 1. The van der Waals surface area contributed by atoms with Crippen LogP contribution in [0.3, 0.4) is 0 Å². The van der Waals surface area contributed by atoms with Crippen molar-refractivity contribution in [2.45, 2.75) is 20.1 Å². The van der Waals surface area contributed by atoms with Crippen LogP contribution in [0.25, 0.3) is 6.08 Å². The molecule has 1 aliphatic heterocycles. The highest BCUT2D eigenvalue weighted by Crippen LogP contribution is 2.29. The van der Waals surface area contributed by atoms with Crippen molar-refractivity contribution in [2.75, 3.05) is 4.90 Å². The second-order valence-electron chi connectivity index (χ2n) is 9.33. The minimum atomic E-state index is -0.833. The van der Waals surface area contributed by atoms with Gasteiger partial charge in [0.1, 0.15) is 30.3 Å². The van der Waals surface area contributed by atoms with Crippen LogP contribution in [0.1, 0.15) is 22.3 Å². The van der Waals surface area contributed by atoms with Crippen LogP contribution in [0.5, 0.6) is 11.5 Å². The maximum atomic E-state index is 13.3. The zero-order chi connectivity index (χ0) is 28.9. The number of halogens is 2. The molecule has 206 valence electrons. The Morgan fingerprint density at radius 2 is 1.46 bits per heavy atom. The Hall–Kier alpha value is -4.40. The summed E-state index contributed by atoms with van der Waals surface area (Å²) >= 11 is 9.82. The number of carbonyl (C=O) groups is 3. The van der Waals surface area contributed by atoms with Crippen LogP contribution in [0.15, 0.2) is 101 Å². The van der Waals surface area contributed by atoms with Gasteiger partial charge in [-0.3, -0.25) is 14.9 Å². The lowest BCUT2D eigenvalue weighted by Crippen LogP contribution is -2.54. The van der Waals surface area contributed by atoms with Gasteiger partial charge >= 0.3 is 6.03 Å². The van der Waals surface area contributed by atoms with E-state index in [-0.39, 0.29) is 5.57 Å². The van der Waals surface area contributed by atoms with E-state index in [1.165, 1.54) is 6.08 Å². The number of aryl methyl sites for hydroxylation is 1. The number of barbiturate groups is 1. The van der Waals surface area contributed by atoms with E-state index in [2.05, 4.69) is 21.2 Å². The summed E-state index contributed by atoms with van der Waals surface area (Å²) in [6, 6.07) is 26.3. The normalized spacial score (nSPS) is 14.3. The monoisotopic (exact) mass is 630 g/mol. The average Bonchev–Trinajstić information content (AvgIpc) is 2.96. The van der Waals surface area contributed by atoms with Crippen LogP contribution in [0.4, 0.5) is 10.5 Å². The summed E-state index contributed by atoms with van der Waals surface area (Å²) in [5.74, 6) is -0.513. The number of anilines is 1. The fourth-order valence-electron chi connectivity index (χ4n) is 4.07. The highest BCUT2D eigenvalue weighted by atomic mass is 79.9. The lowest BCUT2D eigenvalue weighted by Gasteiger charge is -2.26. The Labute approximate surface area is 250 Å². The average molecular weight is 632 g/mol. The Kier molecular flexibility index (Phi) is 8.52. The minimum absolute atomic E-state index is 0.205. The number of hydrogen-bond acceptors (Lipinski definition) is 5. The van der Waals surface area contributed by atoms with Crippen LogP contribution in [0.2, 0.25) is 5.02 Å². The number of nitrogens with zero attached hydrogens (tertiary/aromatic N) is 1. The van der Waals surface area contributed by atoms with Gasteiger partial charge in [0, 0.05) is 4.47 Å². The number of benzene rings is 4. The first-order chi connectivity index (χ1) is 19.8. The molecule has 1 fully saturated rings. The summed E-state index contributed by atoms with van der Waals surface area (Å²) in [6.45, 7) is 2.71. The molecule has 0 radical (unpaired) electrons. The van der Waals surface area contributed by atoms with E-state index >= 15 is 0 Å². The zero-order valence-corrected chi connectivity index (χ0v) is 24.2. The van der Waals surface area contributed by atoms with Gasteiger partial charge in [-0.05, 0) is 78.2 Å². The lowest BCUT2D eigenvalue weighted by molar-refractivity contribution is -0.122. The van der Waals surface area contributed by atoms with Gasteiger partial charge in [-0.25, -0.2) is 9.69 Å². The van der Waals surface area contributed by atoms with Gasteiger partial charge in [0.05, 0.1) is 10.7 Å². The number of urea groups is 1. The van der Waals surface area contributed by atoms with Gasteiger partial charge < -0.3 is 9.47 Å². The zero-order valence-electron chi connectivity index (χ0n) is 21.9. The number of hydrogen-bond donors (Lipinski definition) is 1. The second-order valence-corrected chi connectivity index (χ2v) is 10.7. The molecule has 9 heteroatoms. The molecule has 0 aliphatic carbocycles. The molecule has 1 aliphatic rings. The summed E-state index contributed by atoms with van der Waals surface area (Å²) in [5, 5.41) is 2.54. The van der Waals surface area contributed by atoms with Crippen molar-refractivity contribution < 1.29 is 23.9 Å². The maximum Gasteiger partial charge on any atom is 0.335 e. The Morgan fingerprint density at radius 3 is 2.12 bits per heavy atom. The summed E-state index contributed by atoms with van der Waals surface area (Å²) in [7, 11) is 0. The molecule has 5 rings (SSSR count). The SMILES string of the molecule is Cc1ccc(COc2ccc(N3C(=O)NC(=O)/C(=C\c4ccc(OCc5ccc(Br)cc5)c(Cl)c4)C3=O)cc2)cc1. The topological polar surface area (TPSA) is 84.9 Å². The number of rotatable bonds is 8. The Bertz CT molecular complexity index is 1630. The number of ether oxygens (including phenoxy) is 2. The van der Waals surface area contributed by atoms with E-state index in [0.29, 0.717) is 41.0 Å². The third-order valence-electron chi connectivity index (χ3n) is 6.30. The second kappa shape index (κ2) is 12.4. The fourth-order valence-corrected chi connectivity index (χ4v) is 4.57. The lowest BCUT2D eigenvalue weighted by atomic mass is 10.1. The van der Waals surface area contributed by atoms with Crippen molar-refractivity contribution in [1.82, 2.24) is 5.32 Å². The highest BCUT2D eigenvalue weighted by Gasteiger charge is 2.36. The first-order valence-electron chi connectivity index (χ1n) is 12.6. The quantitative estimate of drug-likeness (QED) is 0.164. The van der Waals surface area contributed by atoms with Crippen molar-refractivity contribution in [3.8, 4) is 11.5 Å². The molecule has 7 nitrogen and oxygen atoms in total. The van der Waals surface area contributed by atoms with Gasteiger partial charge in [-0.1, -0.05) is 75.6 Å². The van der Waals surface area contributed by atoms with E-state index in [1.807, 2.05) is 55.5 Å². The molecule has 1 heterocycles. The smallest absolute Gasteiger partial charge is 0.335 e. The van der Waals surface area contributed by atoms with Crippen molar-refractivity contribution in [3.63, 3.8) is 0 Å².